The summed E-state index contributed by atoms with van der Waals surface area (Å²) < 4.78 is 4.73. The Hall–Kier alpha value is -9.12. The molecule has 0 aliphatic rings. The monoisotopic (exact) mass is 870 g/mol. The topological polar surface area (TPSA) is 16.3 Å². The Labute approximate surface area is 397 Å². The number of benzene rings is 10. The van der Waals surface area contributed by atoms with Crippen molar-refractivity contribution in [1.82, 2.24) is 9.13 Å². The van der Waals surface area contributed by atoms with Gasteiger partial charge in [0.25, 0.3) is 0 Å². The lowest BCUT2D eigenvalue weighted by atomic mass is 10.0. The summed E-state index contributed by atoms with van der Waals surface area (Å²) in [5.41, 5.74) is 18.2. The van der Waals surface area contributed by atoms with E-state index >= 15 is 0 Å². The molecule has 0 aliphatic carbocycles. The molecular weight excluding hydrogens is 825 g/mol. The lowest BCUT2D eigenvalue weighted by Gasteiger charge is -2.26. The minimum atomic E-state index is 1.09. The van der Waals surface area contributed by atoms with Crippen LogP contribution in [0.3, 0.4) is 0 Å². The van der Waals surface area contributed by atoms with E-state index in [0.717, 1.165) is 56.6 Å². The highest BCUT2D eigenvalue weighted by atomic mass is 15.1. The smallest absolute Gasteiger partial charge is 0.0540 e. The lowest BCUT2D eigenvalue weighted by molar-refractivity contribution is 1.13. The highest BCUT2D eigenvalue weighted by Crippen LogP contribution is 2.40. The molecule has 0 atom stereocenters. The first-order valence-electron chi connectivity index (χ1n) is 23.2. The summed E-state index contributed by atoms with van der Waals surface area (Å²) in [4.78, 5) is 4.65. The maximum absolute atomic E-state index is 2.37. The molecule has 0 fully saturated rings. The average Bonchev–Trinajstić information content (AvgIpc) is 4.01. The third-order valence-electron chi connectivity index (χ3n) is 12.9. The van der Waals surface area contributed by atoms with E-state index in [2.05, 4.69) is 298 Å². The second-order valence-electron chi connectivity index (χ2n) is 17.0. The summed E-state index contributed by atoms with van der Waals surface area (Å²) >= 11 is 0. The van der Waals surface area contributed by atoms with Gasteiger partial charge >= 0.3 is 0 Å². The predicted molar refractivity (Wildman–Crippen MR) is 286 cm³/mol. The van der Waals surface area contributed by atoms with Crippen molar-refractivity contribution in [2.24, 2.45) is 0 Å². The summed E-state index contributed by atoms with van der Waals surface area (Å²) in [6.45, 7) is 0. The SMILES string of the molecule is c1ccc(-c2cc3ccccc3n2-c2ccc(N(c3ccccc3)c3ccc(-c4ccc(N(c5ccccc5)c5ccc(-n6c(-c7ccccc7)cc7ccccc76)cc5)cc4)cc3)cc2)cc1. The first kappa shape index (κ1) is 40.4. The molecule has 0 amide bonds. The van der Waals surface area contributed by atoms with Gasteiger partial charge in [-0.15, -0.1) is 0 Å². The van der Waals surface area contributed by atoms with Gasteiger partial charge in [0.2, 0.25) is 0 Å². The van der Waals surface area contributed by atoms with Gasteiger partial charge in [-0.05, 0) is 144 Å². The Kier molecular flexibility index (Phi) is 10.5. The number of para-hydroxylation sites is 4. The molecule has 4 heteroatoms. The van der Waals surface area contributed by atoms with E-state index in [0.29, 0.717) is 0 Å². The fourth-order valence-electron chi connectivity index (χ4n) is 9.66. The van der Waals surface area contributed by atoms with Crippen LogP contribution in [0.15, 0.2) is 279 Å². The van der Waals surface area contributed by atoms with Crippen LogP contribution in [-0.4, -0.2) is 9.13 Å². The van der Waals surface area contributed by atoms with Crippen molar-refractivity contribution < 1.29 is 0 Å². The van der Waals surface area contributed by atoms with Crippen LogP contribution in [0.25, 0.3) is 66.8 Å². The first-order valence-corrected chi connectivity index (χ1v) is 23.2. The van der Waals surface area contributed by atoms with Crippen LogP contribution in [0.2, 0.25) is 0 Å². The normalized spacial score (nSPS) is 11.2. The van der Waals surface area contributed by atoms with Crippen molar-refractivity contribution in [3.05, 3.63) is 279 Å². The molecule has 0 bridgehead atoms. The van der Waals surface area contributed by atoms with E-state index in [4.69, 9.17) is 0 Å². The Balaban J connectivity index is 0.845. The predicted octanol–water partition coefficient (Wildman–Crippen LogP) is 17.5. The van der Waals surface area contributed by atoms with Crippen molar-refractivity contribution >= 4 is 55.9 Å². The molecule has 0 unspecified atom stereocenters. The van der Waals surface area contributed by atoms with Crippen LogP contribution in [0.5, 0.6) is 0 Å². The Morgan fingerprint density at radius 1 is 0.221 bits per heavy atom. The maximum Gasteiger partial charge on any atom is 0.0540 e. The van der Waals surface area contributed by atoms with Gasteiger partial charge in [-0.1, -0.05) is 158 Å². The zero-order valence-corrected chi connectivity index (χ0v) is 37.3. The quantitative estimate of drug-likeness (QED) is 0.129. The van der Waals surface area contributed by atoms with Crippen molar-refractivity contribution in [3.63, 3.8) is 0 Å². The number of aromatic nitrogens is 2. The zero-order chi connectivity index (χ0) is 45.2. The van der Waals surface area contributed by atoms with Crippen LogP contribution in [-0.2, 0) is 0 Å². The molecule has 12 aromatic rings. The Morgan fingerprint density at radius 3 is 0.853 bits per heavy atom. The molecule has 0 radical (unpaired) electrons. The van der Waals surface area contributed by atoms with E-state index in [-0.39, 0.29) is 0 Å². The Bertz CT molecular complexity index is 3370. The molecule has 4 nitrogen and oxygen atoms in total. The third kappa shape index (κ3) is 7.60. The van der Waals surface area contributed by atoms with Crippen molar-refractivity contribution in [2.75, 3.05) is 9.80 Å². The number of anilines is 6. The average molecular weight is 871 g/mol. The standard InChI is InChI=1S/C64H46N4/c1-5-17-49(18-6-1)63-45-51-21-13-15-27-61(51)67(63)59-41-37-57(38-42-59)65(53-23-9-3-10-24-53)55-33-29-47(30-34-55)48-31-35-56(36-32-48)66(54-25-11-4-12-26-54)58-39-43-60(44-40-58)68-62-28-16-14-22-52(62)46-64(68)50-19-7-2-8-20-50/h1-46H. The van der Waals surface area contributed by atoms with Gasteiger partial charge in [-0.2, -0.15) is 0 Å². The molecule has 322 valence electrons. The van der Waals surface area contributed by atoms with Gasteiger partial charge in [0.15, 0.2) is 0 Å². The van der Waals surface area contributed by atoms with Crippen LogP contribution in [0.1, 0.15) is 0 Å². The zero-order valence-electron chi connectivity index (χ0n) is 37.3. The van der Waals surface area contributed by atoms with Gasteiger partial charge in [0.1, 0.15) is 0 Å². The third-order valence-corrected chi connectivity index (χ3v) is 12.9. The van der Waals surface area contributed by atoms with Gasteiger partial charge in [-0.3, -0.25) is 0 Å². The molecule has 0 saturated heterocycles. The molecule has 0 aliphatic heterocycles. The fraction of sp³-hybridized carbons (Fsp3) is 0. The highest BCUT2D eigenvalue weighted by Gasteiger charge is 2.18. The highest BCUT2D eigenvalue weighted by molar-refractivity contribution is 5.91. The van der Waals surface area contributed by atoms with Crippen molar-refractivity contribution in [2.45, 2.75) is 0 Å². The number of rotatable bonds is 11. The van der Waals surface area contributed by atoms with Crippen LogP contribution in [0, 0.1) is 0 Å². The minimum Gasteiger partial charge on any atom is -0.311 e. The molecule has 0 saturated carbocycles. The van der Waals surface area contributed by atoms with E-state index in [1.165, 1.54) is 44.3 Å². The number of fused-ring (bicyclic) bond motifs is 2. The number of hydrogen-bond acceptors (Lipinski definition) is 2. The largest absolute Gasteiger partial charge is 0.311 e. The molecule has 2 aromatic heterocycles. The molecule has 68 heavy (non-hydrogen) atoms. The Morgan fingerprint density at radius 2 is 0.500 bits per heavy atom. The van der Waals surface area contributed by atoms with Gasteiger partial charge in [0, 0.05) is 56.3 Å². The van der Waals surface area contributed by atoms with Gasteiger partial charge in [0.05, 0.1) is 22.4 Å². The van der Waals surface area contributed by atoms with Crippen molar-refractivity contribution in [1.29, 1.82) is 0 Å². The molecule has 2 heterocycles. The van der Waals surface area contributed by atoms with Gasteiger partial charge < -0.3 is 18.9 Å². The van der Waals surface area contributed by atoms with E-state index in [9.17, 15) is 0 Å². The molecule has 12 rings (SSSR count). The van der Waals surface area contributed by atoms with E-state index < -0.39 is 0 Å². The second kappa shape index (κ2) is 17.7. The van der Waals surface area contributed by atoms with Gasteiger partial charge in [-0.25, -0.2) is 0 Å². The van der Waals surface area contributed by atoms with Crippen molar-refractivity contribution in [3.8, 4) is 45.0 Å². The minimum absolute atomic E-state index is 1.09. The van der Waals surface area contributed by atoms with Crippen LogP contribution < -0.4 is 9.80 Å². The number of nitrogens with zero attached hydrogens (tertiary/aromatic N) is 4. The summed E-state index contributed by atoms with van der Waals surface area (Å²) in [5.74, 6) is 0. The lowest BCUT2D eigenvalue weighted by Crippen LogP contribution is -2.10. The van der Waals surface area contributed by atoms with E-state index in [1.54, 1.807) is 0 Å². The molecule has 10 aromatic carbocycles. The number of hydrogen-bond donors (Lipinski definition) is 0. The summed E-state index contributed by atoms with van der Waals surface area (Å²) in [6, 6.07) is 100. The summed E-state index contributed by atoms with van der Waals surface area (Å²) in [6.07, 6.45) is 0. The first-order chi connectivity index (χ1) is 33.7. The maximum atomic E-state index is 2.37. The second-order valence-corrected chi connectivity index (χ2v) is 17.0. The fourth-order valence-corrected chi connectivity index (χ4v) is 9.66. The summed E-state index contributed by atoms with van der Waals surface area (Å²) in [7, 11) is 0. The molecule has 0 N–H and O–H groups in total. The van der Waals surface area contributed by atoms with Crippen LogP contribution >= 0.6 is 0 Å². The molecule has 0 spiro atoms. The van der Waals surface area contributed by atoms with Crippen LogP contribution in [0.4, 0.5) is 34.1 Å². The molecular formula is C64H46N4. The summed E-state index contributed by atoms with van der Waals surface area (Å²) in [5, 5.41) is 2.44. The van der Waals surface area contributed by atoms with E-state index in [1.807, 2.05) is 0 Å².